The highest BCUT2D eigenvalue weighted by Gasteiger charge is 2.15. The third kappa shape index (κ3) is 4.54. The number of rotatable bonds is 6. The Morgan fingerprint density at radius 2 is 2.25 bits per heavy atom. The number of carbonyl (C=O) groups is 1. The van der Waals surface area contributed by atoms with Gasteiger partial charge in [-0.05, 0) is 25.0 Å². The summed E-state index contributed by atoms with van der Waals surface area (Å²) in [5, 5.41) is 6.96. The van der Waals surface area contributed by atoms with Gasteiger partial charge >= 0.3 is 0 Å². The summed E-state index contributed by atoms with van der Waals surface area (Å²) in [6.45, 7) is 1.91. The lowest BCUT2D eigenvalue weighted by molar-refractivity contribution is -0.121. The molecule has 0 spiro atoms. The number of ether oxygens (including phenoxy) is 1. The predicted molar refractivity (Wildman–Crippen MR) is 81.6 cm³/mol. The first kappa shape index (κ1) is 15.4. The van der Waals surface area contributed by atoms with Crippen LogP contribution in [0, 0.1) is 0 Å². The fraction of sp³-hybridized carbons (Fsp3) is 0.500. The lowest BCUT2D eigenvalue weighted by Crippen LogP contribution is -2.32. The lowest BCUT2D eigenvalue weighted by atomic mass is 10.2. The maximum absolute atomic E-state index is 11.7. The van der Waals surface area contributed by atoms with Gasteiger partial charge in [0.1, 0.15) is 0 Å². The van der Waals surface area contributed by atoms with Gasteiger partial charge in [-0.15, -0.1) is 0 Å². The summed E-state index contributed by atoms with van der Waals surface area (Å²) in [5.74, 6) is 0.00569. The molecule has 0 radical (unpaired) electrons. The third-order valence-electron chi connectivity index (χ3n) is 3.17. The number of halogens is 2. The second kappa shape index (κ2) is 7.72. The molecule has 1 fully saturated rings. The molecule has 1 aliphatic rings. The summed E-state index contributed by atoms with van der Waals surface area (Å²) in [6, 6.07) is 5.37. The van der Waals surface area contributed by atoms with E-state index < -0.39 is 0 Å². The molecule has 110 valence electrons. The standard InChI is InChI=1S/C14H18Cl2N2O2/c15-11-4-1-5-12(14(11)16)17-7-6-13(19)18-9-10-3-2-8-20-10/h1,4-5,10,17H,2-3,6-9H2,(H,18,19). The predicted octanol–water partition coefficient (Wildman–Crippen LogP) is 3.09. The number of benzene rings is 1. The average molecular weight is 317 g/mol. The second-order valence-corrected chi connectivity index (χ2v) is 5.50. The van der Waals surface area contributed by atoms with E-state index in [9.17, 15) is 4.79 Å². The Kier molecular flexibility index (Phi) is 5.95. The highest BCUT2D eigenvalue weighted by Crippen LogP contribution is 2.29. The van der Waals surface area contributed by atoms with Crippen molar-refractivity contribution >= 4 is 34.8 Å². The van der Waals surface area contributed by atoms with E-state index in [0.29, 0.717) is 29.6 Å². The molecule has 1 saturated heterocycles. The van der Waals surface area contributed by atoms with Gasteiger partial charge in [-0.3, -0.25) is 4.79 Å². The topological polar surface area (TPSA) is 50.4 Å². The van der Waals surface area contributed by atoms with E-state index in [0.717, 1.165) is 25.1 Å². The van der Waals surface area contributed by atoms with Gasteiger partial charge in [0.05, 0.1) is 21.8 Å². The van der Waals surface area contributed by atoms with Crippen LogP contribution in [0.1, 0.15) is 19.3 Å². The fourth-order valence-electron chi connectivity index (χ4n) is 2.07. The Morgan fingerprint density at radius 3 is 3.00 bits per heavy atom. The summed E-state index contributed by atoms with van der Waals surface area (Å²) in [5.41, 5.74) is 0.742. The van der Waals surface area contributed by atoms with E-state index >= 15 is 0 Å². The van der Waals surface area contributed by atoms with Crippen molar-refractivity contribution in [2.45, 2.75) is 25.4 Å². The quantitative estimate of drug-likeness (QED) is 0.848. The minimum absolute atomic E-state index is 0.00569. The first-order chi connectivity index (χ1) is 9.66. The van der Waals surface area contributed by atoms with Crippen LogP contribution in [0.4, 0.5) is 5.69 Å². The molecule has 1 atom stereocenters. The van der Waals surface area contributed by atoms with E-state index in [-0.39, 0.29) is 12.0 Å². The molecule has 1 aromatic carbocycles. The molecule has 20 heavy (non-hydrogen) atoms. The molecule has 0 saturated carbocycles. The SMILES string of the molecule is O=C(CCNc1cccc(Cl)c1Cl)NCC1CCCO1. The number of nitrogens with one attached hydrogen (secondary N) is 2. The van der Waals surface area contributed by atoms with Crippen molar-refractivity contribution in [3.05, 3.63) is 28.2 Å². The minimum Gasteiger partial charge on any atom is -0.383 e. The normalized spacial score (nSPS) is 18.0. The monoisotopic (exact) mass is 316 g/mol. The Bertz CT molecular complexity index is 462. The second-order valence-electron chi connectivity index (χ2n) is 4.72. The average Bonchev–Trinajstić information content (AvgIpc) is 2.94. The van der Waals surface area contributed by atoms with Gasteiger partial charge in [-0.25, -0.2) is 0 Å². The number of carbonyl (C=O) groups excluding carboxylic acids is 1. The Morgan fingerprint density at radius 1 is 1.40 bits per heavy atom. The van der Waals surface area contributed by atoms with Gasteiger partial charge in [-0.1, -0.05) is 29.3 Å². The molecule has 2 N–H and O–H groups in total. The summed E-state index contributed by atoms with van der Waals surface area (Å²) in [6.07, 6.45) is 2.66. The Labute approximate surface area is 128 Å². The minimum atomic E-state index is 0.00569. The van der Waals surface area contributed by atoms with Crippen LogP contribution in [0.3, 0.4) is 0 Å². The smallest absolute Gasteiger partial charge is 0.221 e. The molecule has 2 rings (SSSR count). The molecule has 1 aliphatic heterocycles. The van der Waals surface area contributed by atoms with E-state index in [1.807, 2.05) is 12.1 Å². The molecule has 0 aliphatic carbocycles. The lowest BCUT2D eigenvalue weighted by Gasteiger charge is -2.12. The number of hydrogen-bond donors (Lipinski definition) is 2. The number of hydrogen-bond acceptors (Lipinski definition) is 3. The van der Waals surface area contributed by atoms with Crippen LogP contribution in [0.25, 0.3) is 0 Å². The van der Waals surface area contributed by atoms with Crippen molar-refractivity contribution < 1.29 is 9.53 Å². The molecular weight excluding hydrogens is 299 g/mol. The van der Waals surface area contributed by atoms with E-state index in [4.69, 9.17) is 27.9 Å². The maximum Gasteiger partial charge on any atom is 0.221 e. The van der Waals surface area contributed by atoms with E-state index in [2.05, 4.69) is 10.6 Å². The third-order valence-corrected chi connectivity index (χ3v) is 3.99. The summed E-state index contributed by atoms with van der Waals surface area (Å²) >= 11 is 12.0. The van der Waals surface area contributed by atoms with Crippen molar-refractivity contribution in [3.63, 3.8) is 0 Å². The molecule has 6 heteroatoms. The summed E-state index contributed by atoms with van der Waals surface area (Å²) < 4.78 is 5.44. The van der Waals surface area contributed by atoms with Crippen LogP contribution in [0.5, 0.6) is 0 Å². The van der Waals surface area contributed by atoms with Gasteiger partial charge < -0.3 is 15.4 Å². The molecular formula is C14H18Cl2N2O2. The maximum atomic E-state index is 11.7. The van der Waals surface area contributed by atoms with Crippen molar-refractivity contribution in [2.24, 2.45) is 0 Å². The first-order valence-electron chi connectivity index (χ1n) is 6.73. The van der Waals surface area contributed by atoms with Crippen LogP contribution >= 0.6 is 23.2 Å². The molecule has 1 aromatic rings. The molecule has 4 nitrogen and oxygen atoms in total. The zero-order valence-electron chi connectivity index (χ0n) is 11.1. The van der Waals surface area contributed by atoms with Crippen molar-refractivity contribution in [2.75, 3.05) is 25.0 Å². The number of amides is 1. The van der Waals surface area contributed by atoms with Gasteiger partial charge in [0.25, 0.3) is 0 Å². The van der Waals surface area contributed by atoms with Gasteiger partial charge in [0.2, 0.25) is 5.91 Å². The molecule has 1 amide bonds. The van der Waals surface area contributed by atoms with Crippen LogP contribution in [-0.4, -0.2) is 31.7 Å². The van der Waals surface area contributed by atoms with Gasteiger partial charge in [0, 0.05) is 26.1 Å². The van der Waals surface area contributed by atoms with Crippen molar-refractivity contribution in [1.29, 1.82) is 0 Å². The van der Waals surface area contributed by atoms with Gasteiger partial charge in [-0.2, -0.15) is 0 Å². The summed E-state index contributed by atoms with van der Waals surface area (Å²) in [7, 11) is 0. The van der Waals surface area contributed by atoms with Gasteiger partial charge in [0.15, 0.2) is 0 Å². The fourth-order valence-corrected chi connectivity index (χ4v) is 2.44. The number of anilines is 1. The van der Waals surface area contributed by atoms with Crippen molar-refractivity contribution in [3.8, 4) is 0 Å². The largest absolute Gasteiger partial charge is 0.383 e. The summed E-state index contributed by atoms with van der Waals surface area (Å²) in [4.78, 5) is 11.7. The highest BCUT2D eigenvalue weighted by atomic mass is 35.5. The zero-order valence-corrected chi connectivity index (χ0v) is 12.6. The van der Waals surface area contributed by atoms with E-state index in [1.165, 1.54) is 0 Å². The van der Waals surface area contributed by atoms with Crippen LogP contribution in [0.2, 0.25) is 10.0 Å². The first-order valence-corrected chi connectivity index (χ1v) is 7.48. The van der Waals surface area contributed by atoms with Crippen LogP contribution in [-0.2, 0) is 9.53 Å². The Hall–Kier alpha value is -0.970. The molecule has 0 aromatic heterocycles. The zero-order chi connectivity index (χ0) is 14.4. The van der Waals surface area contributed by atoms with E-state index in [1.54, 1.807) is 6.07 Å². The Balaban J connectivity index is 1.67. The molecule has 1 heterocycles. The van der Waals surface area contributed by atoms with Crippen molar-refractivity contribution in [1.82, 2.24) is 5.32 Å². The van der Waals surface area contributed by atoms with Crippen LogP contribution in [0.15, 0.2) is 18.2 Å². The molecule has 0 bridgehead atoms. The highest BCUT2D eigenvalue weighted by molar-refractivity contribution is 6.43. The van der Waals surface area contributed by atoms with Crippen LogP contribution < -0.4 is 10.6 Å². The molecule has 1 unspecified atom stereocenters.